The van der Waals surface area contributed by atoms with Crippen molar-refractivity contribution in [1.29, 1.82) is 0 Å². The zero-order valence-electron chi connectivity index (χ0n) is 22.5. The molecule has 4 rings (SSSR count). The number of aliphatic hydroxyl groups is 1. The number of hydrogen-bond donors (Lipinski definition) is 2. The lowest BCUT2D eigenvalue weighted by Gasteiger charge is -2.35. The average molecular weight is 542 g/mol. The van der Waals surface area contributed by atoms with Crippen LogP contribution >= 0.6 is 0 Å². The van der Waals surface area contributed by atoms with Gasteiger partial charge >= 0.3 is 0 Å². The summed E-state index contributed by atoms with van der Waals surface area (Å²) in [5, 5.41) is 18.0. The Labute approximate surface area is 228 Å². The summed E-state index contributed by atoms with van der Waals surface area (Å²) in [6.07, 6.45) is 0.149. The quantitative estimate of drug-likeness (QED) is 0.367. The number of hydrogen-bond acceptors (Lipinski definition) is 6. The topological polar surface area (TPSA) is 82.9 Å². The highest BCUT2D eigenvalue weighted by atomic mass is 19.1. The monoisotopic (exact) mass is 541 g/mol. The first-order chi connectivity index (χ1) is 18.7. The van der Waals surface area contributed by atoms with Crippen LogP contribution in [0.3, 0.4) is 0 Å². The molecule has 3 aromatic rings. The average Bonchev–Trinajstić information content (AvgIpc) is 3.30. The Hall–Kier alpha value is -3.34. The van der Waals surface area contributed by atoms with Crippen molar-refractivity contribution >= 4 is 5.91 Å². The highest BCUT2D eigenvalue weighted by Crippen LogP contribution is 2.17. The Bertz CT molecular complexity index is 1190. The first-order valence-electron chi connectivity index (χ1n) is 13.4. The molecule has 0 saturated carbocycles. The van der Waals surface area contributed by atoms with Crippen LogP contribution in [0.2, 0.25) is 0 Å². The van der Waals surface area contributed by atoms with Crippen LogP contribution in [0.25, 0.3) is 5.69 Å². The number of nitrogens with one attached hydrogen (secondary N) is 1. The van der Waals surface area contributed by atoms with E-state index in [-0.39, 0.29) is 24.1 Å². The van der Waals surface area contributed by atoms with Gasteiger partial charge in [-0.2, -0.15) is 5.10 Å². The second kappa shape index (κ2) is 13.6. The second-order valence-electron chi connectivity index (χ2n) is 10.4. The summed E-state index contributed by atoms with van der Waals surface area (Å²) >= 11 is 0. The molecule has 0 radical (unpaired) electrons. The molecule has 0 spiro atoms. The summed E-state index contributed by atoms with van der Waals surface area (Å²) < 4.78 is 33.7. The molecule has 39 heavy (non-hydrogen) atoms. The molecular weight excluding hydrogens is 504 g/mol. The van der Waals surface area contributed by atoms with E-state index in [2.05, 4.69) is 34.1 Å². The van der Waals surface area contributed by atoms with Crippen molar-refractivity contribution in [1.82, 2.24) is 24.9 Å². The Morgan fingerprint density at radius 3 is 2.26 bits per heavy atom. The summed E-state index contributed by atoms with van der Waals surface area (Å²) in [5.74, 6) is 0.243. The van der Waals surface area contributed by atoms with Gasteiger partial charge in [0.15, 0.2) is 0 Å². The minimum Gasteiger partial charge on any atom is -0.491 e. The molecule has 210 valence electrons. The van der Waals surface area contributed by atoms with Gasteiger partial charge < -0.3 is 15.2 Å². The zero-order valence-corrected chi connectivity index (χ0v) is 22.5. The molecular formula is C29H37F2N5O3. The molecule has 1 aliphatic rings. The number of aromatic nitrogens is 2. The minimum absolute atomic E-state index is 0.0714. The maximum absolute atomic E-state index is 13.4. The van der Waals surface area contributed by atoms with E-state index in [4.69, 9.17) is 4.74 Å². The number of amides is 1. The largest absolute Gasteiger partial charge is 0.491 e. The third-order valence-corrected chi connectivity index (χ3v) is 6.55. The normalized spacial score (nSPS) is 15.4. The fraction of sp³-hybridized carbons (Fsp3) is 0.448. The molecule has 0 bridgehead atoms. The maximum atomic E-state index is 13.4. The van der Waals surface area contributed by atoms with Crippen LogP contribution in [-0.2, 0) is 17.8 Å². The Morgan fingerprint density at radius 1 is 1.00 bits per heavy atom. The first-order valence-corrected chi connectivity index (χ1v) is 13.4. The van der Waals surface area contributed by atoms with E-state index >= 15 is 0 Å². The van der Waals surface area contributed by atoms with Crippen molar-refractivity contribution in [3.05, 3.63) is 77.6 Å². The molecule has 1 amide bonds. The number of halogens is 2. The summed E-state index contributed by atoms with van der Waals surface area (Å²) in [6, 6.07) is 13.9. The van der Waals surface area contributed by atoms with Gasteiger partial charge in [0.2, 0.25) is 5.91 Å². The van der Waals surface area contributed by atoms with Crippen LogP contribution in [0.15, 0.2) is 54.6 Å². The van der Waals surface area contributed by atoms with Gasteiger partial charge in [0, 0.05) is 38.4 Å². The number of β-amino-alcohol motifs (C(OH)–C–C–N with tert-alkyl or cyclic N) is 1. The highest BCUT2D eigenvalue weighted by molar-refractivity contribution is 5.78. The van der Waals surface area contributed by atoms with E-state index in [0.717, 1.165) is 49.7 Å². The third kappa shape index (κ3) is 8.84. The molecule has 0 aliphatic carbocycles. The Balaban J connectivity index is 1.19. The molecule has 8 nitrogen and oxygen atoms in total. The number of carbonyl (C=O) groups excluding carboxylic acids is 1. The number of rotatable bonds is 12. The van der Waals surface area contributed by atoms with Crippen molar-refractivity contribution in [3.63, 3.8) is 0 Å². The van der Waals surface area contributed by atoms with E-state index in [1.165, 1.54) is 36.4 Å². The molecule has 2 heterocycles. The van der Waals surface area contributed by atoms with Crippen molar-refractivity contribution in [3.8, 4) is 11.4 Å². The fourth-order valence-electron chi connectivity index (χ4n) is 4.58. The van der Waals surface area contributed by atoms with Crippen LogP contribution in [-0.4, -0.2) is 82.6 Å². The van der Waals surface area contributed by atoms with Crippen molar-refractivity contribution in [2.24, 2.45) is 5.92 Å². The van der Waals surface area contributed by atoms with Crippen molar-refractivity contribution in [2.45, 2.75) is 32.9 Å². The zero-order chi connectivity index (χ0) is 27.8. The van der Waals surface area contributed by atoms with Gasteiger partial charge in [0.25, 0.3) is 0 Å². The lowest BCUT2D eigenvalue weighted by molar-refractivity contribution is -0.122. The summed E-state index contributed by atoms with van der Waals surface area (Å²) in [7, 11) is 0. The predicted octanol–water partition coefficient (Wildman–Crippen LogP) is 3.02. The smallest absolute Gasteiger partial charge is 0.234 e. The lowest BCUT2D eigenvalue weighted by atomic mass is 10.1. The van der Waals surface area contributed by atoms with E-state index in [1.54, 1.807) is 12.1 Å². The molecule has 1 saturated heterocycles. The molecule has 1 aromatic heterocycles. The van der Waals surface area contributed by atoms with Gasteiger partial charge in [0.1, 0.15) is 30.1 Å². The number of benzene rings is 2. The second-order valence-corrected chi connectivity index (χ2v) is 10.4. The lowest BCUT2D eigenvalue weighted by Crippen LogP contribution is -2.51. The molecule has 2 N–H and O–H groups in total. The number of nitrogens with zero attached hydrogens (tertiary/aromatic N) is 4. The van der Waals surface area contributed by atoms with Gasteiger partial charge in [-0.05, 0) is 66.9 Å². The van der Waals surface area contributed by atoms with Gasteiger partial charge in [-0.25, -0.2) is 13.5 Å². The van der Waals surface area contributed by atoms with Crippen LogP contribution in [0.4, 0.5) is 8.78 Å². The van der Waals surface area contributed by atoms with E-state index < -0.39 is 6.10 Å². The molecule has 1 aliphatic heterocycles. The van der Waals surface area contributed by atoms with E-state index in [0.29, 0.717) is 31.3 Å². The van der Waals surface area contributed by atoms with Crippen molar-refractivity contribution < 1.29 is 23.4 Å². The number of piperazine rings is 1. The molecule has 2 aromatic carbocycles. The summed E-state index contributed by atoms with van der Waals surface area (Å²) in [5.41, 5.74) is 2.56. The molecule has 0 unspecified atom stereocenters. The third-order valence-electron chi connectivity index (χ3n) is 6.55. The first kappa shape index (κ1) is 28.7. The fourth-order valence-corrected chi connectivity index (χ4v) is 4.58. The van der Waals surface area contributed by atoms with Crippen molar-refractivity contribution in [2.75, 3.05) is 45.9 Å². The Kier molecular flexibility index (Phi) is 10.0. The van der Waals surface area contributed by atoms with Crippen LogP contribution < -0.4 is 10.1 Å². The van der Waals surface area contributed by atoms with Crippen LogP contribution in [0.5, 0.6) is 5.75 Å². The number of ether oxygens (including phenoxy) is 1. The van der Waals surface area contributed by atoms with Gasteiger partial charge in [-0.1, -0.05) is 13.8 Å². The van der Waals surface area contributed by atoms with Crippen LogP contribution in [0.1, 0.15) is 25.2 Å². The highest BCUT2D eigenvalue weighted by Gasteiger charge is 2.21. The SMILES string of the molecule is CC(C)Cc1cc(CNC(=O)CN2CCN(C[C@H](O)COc3ccc(F)cc3)CC2)nn1-c1ccc(F)cc1. The number of aliphatic hydroxyl groups excluding tert-OH is 1. The summed E-state index contributed by atoms with van der Waals surface area (Å²) in [6.45, 7) is 8.38. The minimum atomic E-state index is -0.666. The van der Waals surface area contributed by atoms with E-state index in [9.17, 15) is 18.7 Å². The van der Waals surface area contributed by atoms with Gasteiger partial charge in [-0.15, -0.1) is 0 Å². The van der Waals surface area contributed by atoms with Crippen LogP contribution in [0, 0.1) is 17.6 Å². The Morgan fingerprint density at radius 2 is 1.62 bits per heavy atom. The molecule has 1 atom stereocenters. The number of carbonyl (C=O) groups is 1. The van der Waals surface area contributed by atoms with Gasteiger partial charge in [0.05, 0.1) is 24.5 Å². The standard InChI is InChI=1S/C29H37F2N5O3/c1-21(2)15-26-16-24(33-36(26)25-7-3-22(30)4-8-25)17-32-29(38)19-35-13-11-34(12-14-35)18-27(37)20-39-28-9-5-23(31)6-10-28/h3-10,16,21,27,37H,11-15,17-20H2,1-2H3,(H,32,38)/t27-/m0/s1. The summed E-state index contributed by atoms with van der Waals surface area (Å²) in [4.78, 5) is 16.9. The predicted molar refractivity (Wildman–Crippen MR) is 145 cm³/mol. The molecule has 10 heteroatoms. The van der Waals surface area contributed by atoms with E-state index in [1.807, 2.05) is 10.7 Å². The maximum Gasteiger partial charge on any atom is 0.234 e. The van der Waals surface area contributed by atoms with Gasteiger partial charge in [-0.3, -0.25) is 14.6 Å². The molecule has 1 fully saturated rings.